The molecule has 178 valence electrons. The van der Waals surface area contributed by atoms with Crippen molar-refractivity contribution in [3.8, 4) is 17.1 Å². The first-order valence-electron chi connectivity index (χ1n) is 10.7. The van der Waals surface area contributed by atoms with Crippen LogP contribution in [0.15, 0.2) is 92.8 Å². The van der Waals surface area contributed by atoms with Crippen LogP contribution in [-0.4, -0.2) is 32.1 Å². The molecule has 5 rings (SSSR count). The Hall–Kier alpha value is -3.63. The van der Waals surface area contributed by atoms with E-state index in [1.54, 1.807) is 30.3 Å². The molecule has 1 aliphatic rings. The lowest BCUT2D eigenvalue weighted by Crippen LogP contribution is -2.42. The number of amides is 1. The minimum absolute atomic E-state index is 0.110. The number of sulfonamides is 1. The fourth-order valence-electron chi connectivity index (χ4n) is 3.74. The van der Waals surface area contributed by atoms with E-state index in [1.165, 1.54) is 28.6 Å². The van der Waals surface area contributed by atoms with Gasteiger partial charge in [0, 0.05) is 21.8 Å². The van der Waals surface area contributed by atoms with Gasteiger partial charge in [-0.1, -0.05) is 45.4 Å². The Morgan fingerprint density at radius 2 is 1.77 bits per heavy atom. The van der Waals surface area contributed by atoms with Crippen molar-refractivity contribution in [2.24, 2.45) is 0 Å². The van der Waals surface area contributed by atoms with Crippen molar-refractivity contribution >= 4 is 43.2 Å². The molecule has 1 atom stereocenters. The average molecular weight is 554 g/mol. The Morgan fingerprint density at radius 1 is 1.06 bits per heavy atom. The van der Waals surface area contributed by atoms with Gasteiger partial charge in [-0.05, 0) is 55.5 Å². The number of nitrogens with zero attached hydrogens (tertiary/aromatic N) is 2. The van der Waals surface area contributed by atoms with Crippen LogP contribution in [0.25, 0.3) is 11.3 Å². The minimum atomic E-state index is -3.83. The summed E-state index contributed by atoms with van der Waals surface area (Å²) in [6.07, 6.45) is -0.289. The molecule has 8 nitrogen and oxygen atoms in total. The molecule has 35 heavy (non-hydrogen) atoms. The van der Waals surface area contributed by atoms with Crippen molar-refractivity contribution in [2.45, 2.75) is 17.9 Å². The number of hydrogen-bond donors (Lipinski definition) is 1. The van der Waals surface area contributed by atoms with E-state index in [2.05, 4.69) is 26.4 Å². The second kappa shape index (κ2) is 9.20. The molecule has 0 saturated carbocycles. The highest BCUT2D eigenvalue weighted by Crippen LogP contribution is 2.36. The lowest BCUT2D eigenvalue weighted by Gasteiger charge is -2.34. The van der Waals surface area contributed by atoms with E-state index in [4.69, 9.17) is 9.26 Å². The predicted molar refractivity (Wildman–Crippen MR) is 135 cm³/mol. The maximum atomic E-state index is 13.4. The third kappa shape index (κ3) is 4.67. The minimum Gasteiger partial charge on any atom is -0.487 e. The van der Waals surface area contributed by atoms with Gasteiger partial charge < -0.3 is 14.6 Å². The highest BCUT2D eigenvalue weighted by atomic mass is 79.9. The van der Waals surface area contributed by atoms with Crippen molar-refractivity contribution in [3.63, 3.8) is 0 Å². The second-order valence-corrected chi connectivity index (χ2v) is 10.8. The first-order chi connectivity index (χ1) is 16.8. The van der Waals surface area contributed by atoms with Crippen LogP contribution in [0.1, 0.15) is 17.4 Å². The lowest BCUT2D eigenvalue weighted by molar-refractivity contribution is 0.101. The van der Waals surface area contributed by atoms with E-state index >= 15 is 0 Å². The predicted octanol–water partition coefficient (Wildman–Crippen LogP) is 5.33. The van der Waals surface area contributed by atoms with Gasteiger partial charge in [0.25, 0.3) is 15.9 Å². The van der Waals surface area contributed by atoms with Crippen LogP contribution in [0.2, 0.25) is 0 Å². The number of carbonyl (C=O) groups excluding carboxylic acids is 1. The zero-order valence-corrected chi connectivity index (χ0v) is 20.9. The van der Waals surface area contributed by atoms with E-state index in [0.29, 0.717) is 22.9 Å². The molecule has 0 aliphatic carbocycles. The van der Waals surface area contributed by atoms with Crippen molar-refractivity contribution in [3.05, 3.63) is 89.0 Å². The molecule has 2 heterocycles. The van der Waals surface area contributed by atoms with Gasteiger partial charge in [0.2, 0.25) is 0 Å². The number of hydrogen-bond acceptors (Lipinski definition) is 6. The maximum Gasteiger partial charge on any atom is 0.277 e. The first-order valence-corrected chi connectivity index (χ1v) is 13.0. The van der Waals surface area contributed by atoms with E-state index in [9.17, 15) is 13.2 Å². The molecule has 1 aliphatic heterocycles. The molecule has 1 amide bonds. The number of fused-ring (bicyclic) bond motifs is 1. The topological polar surface area (TPSA) is 102 Å². The number of ether oxygens (including phenoxy) is 1. The zero-order chi connectivity index (χ0) is 24.6. The highest BCUT2D eigenvalue weighted by Gasteiger charge is 2.32. The summed E-state index contributed by atoms with van der Waals surface area (Å²) in [5, 5.41) is 6.56. The fourth-order valence-corrected chi connectivity index (χ4v) is 5.56. The second-order valence-electron chi connectivity index (χ2n) is 7.99. The van der Waals surface area contributed by atoms with Gasteiger partial charge in [0.05, 0.1) is 17.1 Å². The first kappa shape index (κ1) is 23.1. The molecular weight excluding hydrogens is 534 g/mol. The summed E-state index contributed by atoms with van der Waals surface area (Å²) in [7, 11) is -3.83. The fraction of sp³-hybridized carbons (Fsp3) is 0.120. The van der Waals surface area contributed by atoms with Crippen molar-refractivity contribution in [2.75, 3.05) is 16.2 Å². The molecule has 10 heteroatoms. The standard InChI is InChI=1S/C25H20BrN3O5S/c1-16-15-29(22-4-2-3-5-23(22)33-16)35(31,32)20-12-10-19(11-13-20)27-25(30)21-14-24(34-28-21)17-6-8-18(26)9-7-17/h2-14,16H,15H2,1H3,(H,27,30)/t16-/m0/s1. The number of rotatable bonds is 5. The number of anilines is 2. The number of carbonyl (C=O) groups is 1. The third-order valence-electron chi connectivity index (χ3n) is 5.46. The van der Waals surface area contributed by atoms with Gasteiger partial charge in [0.1, 0.15) is 11.9 Å². The summed E-state index contributed by atoms with van der Waals surface area (Å²) >= 11 is 3.38. The van der Waals surface area contributed by atoms with Crippen molar-refractivity contribution < 1.29 is 22.5 Å². The molecule has 1 aromatic heterocycles. The maximum absolute atomic E-state index is 13.4. The Morgan fingerprint density at radius 3 is 2.51 bits per heavy atom. The van der Waals surface area contributed by atoms with Crippen LogP contribution in [0.5, 0.6) is 5.75 Å². The Bertz CT molecular complexity index is 1480. The van der Waals surface area contributed by atoms with Crippen LogP contribution >= 0.6 is 15.9 Å². The average Bonchev–Trinajstić information content (AvgIpc) is 3.35. The van der Waals surface area contributed by atoms with Gasteiger partial charge in [-0.2, -0.15) is 0 Å². The van der Waals surface area contributed by atoms with E-state index in [1.807, 2.05) is 31.2 Å². The van der Waals surface area contributed by atoms with Gasteiger partial charge in [-0.25, -0.2) is 8.42 Å². The quantitative estimate of drug-likeness (QED) is 0.358. The van der Waals surface area contributed by atoms with Crippen LogP contribution in [0.4, 0.5) is 11.4 Å². The smallest absolute Gasteiger partial charge is 0.277 e. The molecule has 0 radical (unpaired) electrons. The summed E-state index contributed by atoms with van der Waals surface area (Å²) in [6.45, 7) is 2.02. The number of nitrogens with one attached hydrogen (secondary N) is 1. The summed E-state index contributed by atoms with van der Waals surface area (Å²) in [4.78, 5) is 12.7. The van der Waals surface area contributed by atoms with Gasteiger partial charge in [-0.3, -0.25) is 9.10 Å². The van der Waals surface area contributed by atoms with Gasteiger partial charge >= 0.3 is 0 Å². The van der Waals surface area contributed by atoms with Crippen LogP contribution in [0, 0.1) is 0 Å². The third-order valence-corrected chi connectivity index (χ3v) is 7.78. The molecule has 0 fully saturated rings. The Balaban J connectivity index is 1.32. The van der Waals surface area contributed by atoms with E-state index in [0.717, 1.165) is 10.0 Å². The summed E-state index contributed by atoms with van der Waals surface area (Å²) < 4.78 is 40.1. The molecule has 0 saturated heterocycles. The van der Waals surface area contributed by atoms with Crippen LogP contribution in [-0.2, 0) is 10.0 Å². The van der Waals surface area contributed by atoms with Gasteiger partial charge in [0.15, 0.2) is 11.5 Å². The lowest BCUT2D eigenvalue weighted by atomic mass is 10.1. The Kier molecular flexibility index (Phi) is 6.08. The van der Waals surface area contributed by atoms with Gasteiger partial charge in [-0.15, -0.1) is 0 Å². The SMILES string of the molecule is C[C@H]1CN(S(=O)(=O)c2ccc(NC(=O)c3cc(-c4ccc(Br)cc4)on3)cc2)c2ccccc2O1. The summed E-state index contributed by atoms with van der Waals surface area (Å²) in [5.41, 5.74) is 1.82. The number of aromatic nitrogens is 1. The highest BCUT2D eigenvalue weighted by molar-refractivity contribution is 9.10. The molecule has 0 spiro atoms. The van der Waals surface area contributed by atoms with Crippen LogP contribution < -0.4 is 14.4 Å². The number of halogens is 1. The molecule has 0 unspecified atom stereocenters. The van der Waals surface area contributed by atoms with Crippen molar-refractivity contribution in [1.29, 1.82) is 0 Å². The van der Waals surface area contributed by atoms with Crippen LogP contribution in [0.3, 0.4) is 0 Å². The summed E-state index contributed by atoms with van der Waals surface area (Å²) in [5.74, 6) is 0.515. The molecule has 0 bridgehead atoms. The molecular formula is C25H20BrN3O5S. The number of benzene rings is 3. The largest absolute Gasteiger partial charge is 0.487 e. The van der Waals surface area contributed by atoms with E-state index in [-0.39, 0.29) is 23.2 Å². The zero-order valence-electron chi connectivity index (χ0n) is 18.5. The van der Waals surface area contributed by atoms with E-state index < -0.39 is 15.9 Å². The van der Waals surface area contributed by atoms with Crippen molar-refractivity contribution in [1.82, 2.24) is 5.16 Å². The monoisotopic (exact) mass is 553 g/mol. The normalized spacial score (nSPS) is 15.3. The summed E-state index contributed by atoms with van der Waals surface area (Å²) in [6, 6.07) is 22.0. The number of para-hydroxylation sites is 2. The molecule has 3 aromatic carbocycles. The molecule has 1 N–H and O–H groups in total. The molecule has 4 aromatic rings. The Labute approximate surface area is 210 Å².